The van der Waals surface area contributed by atoms with Crippen LogP contribution in [0.25, 0.3) is 0 Å². The molecule has 0 amide bonds. The summed E-state index contributed by atoms with van der Waals surface area (Å²) in [4.78, 5) is 0. The lowest BCUT2D eigenvalue weighted by Gasteiger charge is -2.33. The third kappa shape index (κ3) is 4.35. The molecule has 0 aliphatic carbocycles. The van der Waals surface area contributed by atoms with Gasteiger partial charge in [-0.2, -0.15) is 0 Å². The number of anilines is 1. The molecular formula is C20H28N2. The molecular weight excluding hydrogens is 268 g/mol. The minimum atomic E-state index is -0.233. The quantitative estimate of drug-likeness (QED) is 0.739. The average molecular weight is 296 g/mol. The number of benzene rings is 2. The van der Waals surface area contributed by atoms with Gasteiger partial charge in [-0.25, -0.2) is 0 Å². The first-order chi connectivity index (χ1) is 10.5. The Balaban J connectivity index is 2.08. The summed E-state index contributed by atoms with van der Waals surface area (Å²) in [5.74, 6) is 0.528. The molecule has 0 aliphatic heterocycles. The standard InChI is InChI=1S/C20H28N2/c1-3-13-20(22,18-7-5-4-6-8-18)15-16(2)14-17-9-11-19(21)12-10-17/h4-12,16H,3,13-15,21-22H2,1-2H3/t16-,20-/m1/s1. The predicted molar refractivity (Wildman–Crippen MR) is 95.6 cm³/mol. The fourth-order valence-electron chi connectivity index (χ4n) is 3.33. The molecule has 2 aromatic rings. The smallest absolute Gasteiger partial charge is 0.0412 e. The highest BCUT2D eigenvalue weighted by molar-refractivity contribution is 5.39. The van der Waals surface area contributed by atoms with Gasteiger partial charge in [-0.3, -0.25) is 0 Å². The fourth-order valence-corrected chi connectivity index (χ4v) is 3.33. The SMILES string of the molecule is CCC[C@@](N)(C[C@H](C)Cc1ccc(N)cc1)c1ccccc1. The summed E-state index contributed by atoms with van der Waals surface area (Å²) in [6, 6.07) is 18.7. The predicted octanol–water partition coefficient (Wildman–Crippen LogP) is 4.49. The molecule has 0 radical (unpaired) electrons. The molecule has 0 aromatic heterocycles. The molecule has 0 heterocycles. The van der Waals surface area contributed by atoms with E-state index in [9.17, 15) is 0 Å². The topological polar surface area (TPSA) is 52.0 Å². The maximum Gasteiger partial charge on any atom is 0.0412 e. The van der Waals surface area contributed by atoms with Gasteiger partial charge >= 0.3 is 0 Å². The highest BCUT2D eigenvalue weighted by Gasteiger charge is 2.28. The van der Waals surface area contributed by atoms with E-state index in [2.05, 4.69) is 50.2 Å². The van der Waals surface area contributed by atoms with E-state index >= 15 is 0 Å². The second-order valence-corrected chi connectivity index (χ2v) is 6.53. The molecule has 0 unspecified atom stereocenters. The lowest BCUT2D eigenvalue weighted by Crippen LogP contribution is -2.38. The average Bonchev–Trinajstić information content (AvgIpc) is 2.50. The van der Waals surface area contributed by atoms with E-state index in [1.165, 1.54) is 11.1 Å². The first-order valence-corrected chi connectivity index (χ1v) is 8.22. The zero-order valence-corrected chi connectivity index (χ0v) is 13.8. The number of hydrogen-bond donors (Lipinski definition) is 2. The lowest BCUT2D eigenvalue weighted by molar-refractivity contribution is 0.310. The normalized spacial score (nSPS) is 15.2. The minimum Gasteiger partial charge on any atom is -0.399 e. The van der Waals surface area contributed by atoms with Gasteiger partial charge in [0.25, 0.3) is 0 Å². The van der Waals surface area contributed by atoms with Crippen molar-refractivity contribution in [1.82, 2.24) is 0 Å². The Morgan fingerprint density at radius 3 is 2.23 bits per heavy atom. The molecule has 2 heteroatoms. The van der Waals surface area contributed by atoms with Crippen molar-refractivity contribution >= 4 is 5.69 Å². The zero-order valence-electron chi connectivity index (χ0n) is 13.8. The van der Waals surface area contributed by atoms with Crippen LogP contribution in [0.15, 0.2) is 54.6 Å². The van der Waals surface area contributed by atoms with Crippen molar-refractivity contribution in [3.05, 3.63) is 65.7 Å². The molecule has 0 spiro atoms. The van der Waals surface area contributed by atoms with Crippen molar-refractivity contribution in [3.63, 3.8) is 0 Å². The van der Waals surface area contributed by atoms with Crippen LogP contribution in [0.2, 0.25) is 0 Å². The van der Waals surface area contributed by atoms with E-state index < -0.39 is 0 Å². The largest absolute Gasteiger partial charge is 0.399 e. The van der Waals surface area contributed by atoms with Gasteiger partial charge in [0.1, 0.15) is 0 Å². The third-order valence-electron chi connectivity index (χ3n) is 4.32. The van der Waals surface area contributed by atoms with E-state index in [-0.39, 0.29) is 5.54 Å². The zero-order chi connectivity index (χ0) is 16.0. The Kier molecular flexibility index (Phi) is 5.62. The maximum atomic E-state index is 6.79. The Bertz CT molecular complexity index is 562. The van der Waals surface area contributed by atoms with Gasteiger partial charge < -0.3 is 11.5 Å². The summed E-state index contributed by atoms with van der Waals surface area (Å²) >= 11 is 0. The van der Waals surface area contributed by atoms with Crippen molar-refractivity contribution in [2.24, 2.45) is 11.7 Å². The Morgan fingerprint density at radius 1 is 1.00 bits per heavy atom. The Morgan fingerprint density at radius 2 is 1.64 bits per heavy atom. The molecule has 0 saturated carbocycles. The molecule has 2 aromatic carbocycles. The molecule has 118 valence electrons. The minimum absolute atomic E-state index is 0.233. The fraction of sp³-hybridized carbons (Fsp3) is 0.400. The van der Waals surface area contributed by atoms with Gasteiger partial charge in [0.2, 0.25) is 0 Å². The van der Waals surface area contributed by atoms with Crippen LogP contribution in [-0.4, -0.2) is 0 Å². The van der Waals surface area contributed by atoms with Crippen LogP contribution in [0.3, 0.4) is 0 Å². The molecule has 0 aliphatic rings. The van der Waals surface area contributed by atoms with Crippen LogP contribution >= 0.6 is 0 Å². The van der Waals surface area contributed by atoms with Gasteiger partial charge in [-0.1, -0.05) is 62.7 Å². The monoisotopic (exact) mass is 296 g/mol. The number of nitrogens with two attached hydrogens (primary N) is 2. The van der Waals surface area contributed by atoms with Crippen LogP contribution in [0.1, 0.15) is 44.2 Å². The van der Waals surface area contributed by atoms with Gasteiger partial charge in [-0.05, 0) is 48.4 Å². The lowest BCUT2D eigenvalue weighted by atomic mass is 9.78. The van der Waals surface area contributed by atoms with Crippen LogP contribution < -0.4 is 11.5 Å². The number of rotatable bonds is 7. The molecule has 2 nitrogen and oxygen atoms in total. The molecule has 0 bridgehead atoms. The van der Waals surface area contributed by atoms with Crippen molar-refractivity contribution in [3.8, 4) is 0 Å². The van der Waals surface area contributed by atoms with Crippen LogP contribution in [-0.2, 0) is 12.0 Å². The molecule has 4 N–H and O–H groups in total. The van der Waals surface area contributed by atoms with Crippen molar-refractivity contribution in [2.75, 3.05) is 5.73 Å². The Hall–Kier alpha value is -1.80. The number of hydrogen-bond acceptors (Lipinski definition) is 2. The Labute approximate surface area is 134 Å². The van der Waals surface area contributed by atoms with Crippen molar-refractivity contribution < 1.29 is 0 Å². The van der Waals surface area contributed by atoms with Gasteiger partial charge in [0, 0.05) is 11.2 Å². The van der Waals surface area contributed by atoms with Gasteiger partial charge in [-0.15, -0.1) is 0 Å². The maximum absolute atomic E-state index is 6.79. The summed E-state index contributed by atoms with van der Waals surface area (Å²) in [5.41, 5.74) is 15.7. The highest BCUT2D eigenvalue weighted by atomic mass is 14.7. The highest BCUT2D eigenvalue weighted by Crippen LogP contribution is 2.32. The summed E-state index contributed by atoms with van der Waals surface area (Å²) < 4.78 is 0. The van der Waals surface area contributed by atoms with Gasteiger partial charge in [0.15, 0.2) is 0 Å². The van der Waals surface area contributed by atoms with Crippen molar-refractivity contribution in [2.45, 2.75) is 45.1 Å². The summed E-state index contributed by atoms with van der Waals surface area (Å²) in [7, 11) is 0. The van der Waals surface area contributed by atoms with E-state index in [1.54, 1.807) is 0 Å². The van der Waals surface area contributed by atoms with Crippen molar-refractivity contribution in [1.29, 1.82) is 0 Å². The molecule has 2 atom stereocenters. The van der Waals surface area contributed by atoms with Crippen LogP contribution in [0, 0.1) is 5.92 Å². The first-order valence-electron chi connectivity index (χ1n) is 8.22. The summed E-state index contributed by atoms with van der Waals surface area (Å²) in [5, 5.41) is 0. The van der Waals surface area contributed by atoms with Crippen LogP contribution in [0.4, 0.5) is 5.69 Å². The second-order valence-electron chi connectivity index (χ2n) is 6.53. The molecule has 2 rings (SSSR count). The van der Waals surface area contributed by atoms with E-state index in [0.29, 0.717) is 5.92 Å². The molecule has 0 fully saturated rings. The first kappa shape index (κ1) is 16.6. The van der Waals surface area contributed by atoms with Gasteiger partial charge in [0.05, 0.1) is 0 Å². The second kappa shape index (κ2) is 7.46. The third-order valence-corrected chi connectivity index (χ3v) is 4.32. The molecule has 22 heavy (non-hydrogen) atoms. The van der Waals surface area contributed by atoms with E-state index in [4.69, 9.17) is 11.5 Å². The number of nitrogen functional groups attached to an aromatic ring is 1. The van der Waals surface area contributed by atoms with E-state index in [1.807, 2.05) is 18.2 Å². The van der Waals surface area contributed by atoms with Crippen LogP contribution in [0.5, 0.6) is 0 Å². The van der Waals surface area contributed by atoms with E-state index in [0.717, 1.165) is 31.4 Å². The molecule has 0 saturated heterocycles. The summed E-state index contributed by atoms with van der Waals surface area (Å²) in [6.07, 6.45) is 4.15. The summed E-state index contributed by atoms with van der Waals surface area (Å²) in [6.45, 7) is 4.49.